The molecule has 1 aliphatic carbocycles. The molecule has 5 rings (SSSR count). The Morgan fingerprint density at radius 3 is 2.63 bits per heavy atom. The summed E-state index contributed by atoms with van der Waals surface area (Å²) in [6.45, 7) is 2.99. The van der Waals surface area contributed by atoms with Crippen molar-refractivity contribution in [1.82, 2.24) is 9.62 Å². The zero-order valence-corrected chi connectivity index (χ0v) is 18.6. The van der Waals surface area contributed by atoms with Crippen molar-refractivity contribution in [1.29, 1.82) is 0 Å². The fraction of sp³-hybridized carbons (Fsp3) is 0.682. The van der Waals surface area contributed by atoms with Gasteiger partial charge in [-0.2, -0.15) is 0 Å². The minimum atomic E-state index is -3.38. The molecule has 1 amide bonds. The molecular formula is C22H32N2O5S. The summed E-state index contributed by atoms with van der Waals surface area (Å²) < 4.78 is 38.8. The lowest BCUT2D eigenvalue weighted by molar-refractivity contribution is -0.140. The van der Waals surface area contributed by atoms with Crippen molar-refractivity contribution < 1.29 is 22.7 Å². The van der Waals surface area contributed by atoms with Gasteiger partial charge in [0.1, 0.15) is 5.75 Å². The molecule has 1 saturated heterocycles. The third-order valence-corrected chi connectivity index (χ3v) is 7.42. The molecule has 1 N–H and O–H groups in total. The first kappa shape index (κ1) is 21.6. The first-order chi connectivity index (χ1) is 14.3. The molecule has 1 saturated carbocycles. The number of aryl methyl sites for hydroxylation is 1. The van der Waals surface area contributed by atoms with Gasteiger partial charge in [0.15, 0.2) is 6.61 Å². The lowest BCUT2D eigenvalue weighted by Gasteiger charge is -2.41. The monoisotopic (exact) mass is 436 g/mol. The number of carbonyl (C=O) groups excluding carboxylic acids is 1. The highest BCUT2D eigenvalue weighted by molar-refractivity contribution is 7.88. The molecule has 2 atom stereocenters. The van der Waals surface area contributed by atoms with Gasteiger partial charge in [-0.1, -0.05) is 12.1 Å². The van der Waals surface area contributed by atoms with E-state index in [2.05, 4.69) is 17.7 Å². The molecule has 1 aromatic rings. The lowest BCUT2D eigenvalue weighted by Crippen LogP contribution is -2.59. The van der Waals surface area contributed by atoms with Crippen molar-refractivity contribution in [2.24, 2.45) is 0 Å². The second-order valence-corrected chi connectivity index (χ2v) is 10.7. The second-order valence-electron chi connectivity index (χ2n) is 8.88. The maximum absolute atomic E-state index is 13.1. The number of rotatable bonds is 2. The molecule has 0 aromatic heterocycles. The van der Waals surface area contributed by atoms with E-state index in [-0.39, 0.29) is 30.7 Å². The average molecular weight is 437 g/mol. The van der Waals surface area contributed by atoms with Gasteiger partial charge in [0, 0.05) is 18.2 Å². The second kappa shape index (κ2) is 8.85. The van der Waals surface area contributed by atoms with E-state index in [9.17, 15) is 13.2 Å². The number of hydrogen-bond acceptors (Lipinski definition) is 5. The van der Waals surface area contributed by atoms with Crippen molar-refractivity contribution in [3.05, 3.63) is 29.3 Å². The van der Waals surface area contributed by atoms with Gasteiger partial charge in [-0.25, -0.2) is 13.1 Å². The van der Waals surface area contributed by atoms with Gasteiger partial charge < -0.3 is 14.4 Å². The lowest BCUT2D eigenvalue weighted by atomic mass is 9.80. The first-order valence-electron chi connectivity index (χ1n) is 10.9. The Labute approximate surface area is 179 Å². The Bertz CT molecular complexity index is 880. The number of nitrogens with zero attached hydrogens (tertiary/aromatic N) is 1. The maximum atomic E-state index is 13.1. The average Bonchev–Trinajstić information content (AvgIpc) is 2.71. The molecular weight excluding hydrogens is 404 g/mol. The van der Waals surface area contributed by atoms with E-state index >= 15 is 0 Å². The fourth-order valence-electron chi connectivity index (χ4n) is 5.26. The van der Waals surface area contributed by atoms with Crippen LogP contribution in [-0.4, -0.2) is 63.4 Å². The molecule has 0 radical (unpaired) electrons. The van der Waals surface area contributed by atoms with Crippen LogP contribution in [0, 0.1) is 6.92 Å². The Balaban J connectivity index is 1.63. The maximum Gasteiger partial charge on any atom is 0.260 e. The van der Waals surface area contributed by atoms with E-state index in [0.29, 0.717) is 25.5 Å². The molecule has 1 unspecified atom stereocenters. The van der Waals surface area contributed by atoms with Crippen LogP contribution in [0.3, 0.4) is 0 Å². The van der Waals surface area contributed by atoms with Gasteiger partial charge in [-0.05, 0) is 63.0 Å². The normalized spacial score (nSPS) is 30.3. The summed E-state index contributed by atoms with van der Waals surface area (Å²) in [4.78, 5) is 14.9. The van der Waals surface area contributed by atoms with Crippen molar-refractivity contribution in [3.63, 3.8) is 0 Å². The summed E-state index contributed by atoms with van der Waals surface area (Å²) in [7, 11) is -3.38. The number of fused-ring (bicyclic) bond motifs is 5. The largest absolute Gasteiger partial charge is 0.483 e. The highest BCUT2D eigenvalue weighted by Gasteiger charge is 2.37. The minimum absolute atomic E-state index is 0.0469. The molecule has 166 valence electrons. The quantitative estimate of drug-likeness (QED) is 0.769. The van der Waals surface area contributed by atoms with Crippen molar-refractivity contribution >= 4 is 15.9 Å². The van der Waals surface area contributed by atoms with E-state index in [1.165, 1.54) is 11.1 Å². The van der Waals surface area contributed by atoms with Crippen LogP contribution in [0.4, 0.5) is 0 Å². The summed E-state index contributed by atoms with van der Waals surface area (Å²) in [5.74, 6) is 1.09. The summed E-state index contributed by atoms with van der Waals surface area (Å²) in [5.41, 5.74) is 2.42. The molecule has 0 spiro atoms. The number of nitrogens with one attached hydrogen (secondary N) is 1. The number of benzene rings is 1. The van der Waals surface area contributed by atoms with Gasteiger partial charge >= 0.3 is 0 Å². The van der Waals surface area contributed by atoms with Crippen LogP contribution in [0.15, 0.2) is 18.2 Å². The zero-order chi connectivity index (χ0) is 21.3. The van der Waals surface area contributed by atoms with Crippen LogP contribution in [0.5, 0.6) is 5.75 Å². The number of sulfonamides is 1. The van der Waals surface area contributed by atoms with Gasteiger partial charge in [0.05, 0.1) is 25.0 Å². The molecule has 3 heterocycles. The molecule has 30 heavy (non-hydrogen) atoms. The summed E-state index contributed by atoms with van der Waals surface area (Å²) in [6, 6.07) is 5.38. The van der Waals surface area contributed by atoms with Crippen LogP contribution in [0.25, 0.3) is 0 Å². The fourth-order valence-corrected chi connectivity index (χ4v) is 6.09. The van der Waals surface area contributed by atoms with Crippen LogP contribution < -0.4 is 9.46 Å². The predicted octanol–water partition coefficient (Wildman–Crippen LogP) is 2.34. The SMILES string of the molecule is Cc1cccc2c1C1CCC(CC1)OCC1[C@@H](NS(C)(=O)=O)CCCN1C(=O)CO2. The van der Waals surface area contributed by atoms with Gasteiger partial charge in [0.25, 0.3) is 5.91 Å². The third kappa shape index (κ3) is 4.81. The predicted molar refractivity (Wildman–Crippen MR) is 114 cm³/mol. The van der Waals surface area contributed by atoms with Crippen LogP contribution in [0.1, 0.15) is 55.6 Å². The molecule has 1 aromatic carbocycles. The molecule has 2 bridgehead atoms. The topological polar surface area (TPSA) is 84.9 Å². The summed E-state index contributed by atoms with van der Waals surface area (Å²) >= 11 is 0. The Kier molecular flexibility index (Phi) is 6.36. The van der Waals surface area contributed by atoms with Crippen LogP contribution in [0.2, 0.25) is 0 Å². The zero-order valence-electron chi connectivity index (χ0n) is 17.8. The standard InChI is InChI=1S/C22H32N2O5S/c1-15-5-3-7-20-22(15)16-8-10-17(11-9-16)28-13-19-18(23-30(2,26)27)6-4-12-24(19)21(25)14-29-20/h3,5,7,16-19,23H,4,6,8-14H2,1-2H3/t16?,17?,18-,19?/m0/s1. The molecule has 4 aliphatic rings. The number of amides is 1. The van der Waals surface area contributed by atoms with Crippen molar-refractivity contribution in [2.45, 2.75) is 69.6 Å². The minimum Gasteiger partial charge on any atom is -0.483 e. The Morgan fingerprint density at radius 2 is 1.90 bits per heavy atom. The molecule has 7 nitrogen and oxygen atoms in total. The molecule has 8 heteroatoms. The van der Waals surface area contributed by atoms with E-state index in [0.717, 1.165) is 44.1 Å². The smallest absolute Gasteiger partial charge is 0.260 e. The summed E-state index contributed by atoms with van der Waals surface area (Å²) in [6.07, 6.45) is 6.73. The number of carbonyl (C=O) groups is 1. The highest BCUT2D eigenvalue weighted by Crippen LogP contribution is 2.40. The summed E-state index contributed by atoms with van der Waals surface area (Å²) in [5, 5.41) is 0. The Morgan fingerprint density at radius 1 is 1.13 bits per heavy atom. The first-order valence-corrected chi connectivity index (χ1v) is 12.8. The van der Waals surface area contributed by atoms with E-state index in [4.69, 9.17) is 9.47 Å². The van der Waals surface area contributed by atoms with E-state index < -0.39 is 10.0 Å². The van der Waals surface area contributed by atoms with E-state index in [1.54, 1.807) is 4.90 Å². The van der Waals surface area contributed by atoms with Crippen LogP contribution in [-0.2, 0) is 19.6 Å². The number of hydrogen-bond donors (Lipinski definition) is 1. The van der Waals surface area contributed by atoms with Crippen molar-refractivity contribution in [2.75, 3.05) is 26.0 Å². The Hall–Kier alpha value is -1.64. The highest BCUT2D eigenvalue weighted by atomic mass is 32.2. The van der Waals surface area contributed by atoms with E-state index in [1.807, 2.05) is 12.1 Å². The van der Waals surface area contributed by atoms with Gasteiger partial charge in [0.2, 0.25) is 10.0 Å². The van der Waals surface area contributed by atoms with Gasteiger partial charge in [-0.3, -0.25) is 4.79 Å². The number of ether oxygens (including phenoxy) is 2. The molecule has 3 aliphatic heterocycles. The van der Waals surface area contributed by atoms with Crippen LogP contribution >= 0.6 is 0 Å². The van der Waals surface area contributed by atoms with Gasteiger partial charge in [-0.15, -0.1) is 0 Å². The number of piperidine rings is 1. The van der Waals surface area contributed by atoms with Crippen molar-refractivity contribution in [3.8, 4) is 5.75 Å². The molecule has 2 fully saturated rings. The third-order valence-electron chi connectivity index (χ3n) is 6.69.